The molecule has 1 aromatic carbocycles. The van der Waals surface area contributed by atoms with E-state index in [9.17, 15) is 4.79 Å². The third-order valence-corrected chi connectivity index (χ3v) is 3.71. The van der Waals surface area contributed by atoms with Gasteiger partial charge in [-0.25, -0.2) is 4.79 Å². The van der Waals surface area contributed by atoms with Crippen molar-refractivity contribution in [1.29, 1.82) is 0 Å². The van der Waals surface area contributed by atoms with Gasteiger partial charge in [0, 0.05) is 18.3 Å². The SMILES string of the molecule is COc1cccc(NC(=O)N2CCC[C@@H]2c2ccco2)c1. The van der Waals surface area contributed by atoms with E-state index in [1.165, 1.54) is 0 Å². The molecule has 2 amide bonds. The summed E-state index contributed by atoms with van der Waals surface area (Å²) in [6.07, 6.45) is 3.56. The summed E-state index contributed by atoms with van der Waals surface area (Å²) in [5, 5.41) is 2.92. The summed E-state index contributed by atoms with van der Waals surface area (Å²) in [5.41, 5.74) is 0.726. The molecule has 0 saturated carbocycles. The number of methoxy groups -OCH3 is 1. The minimum atomic E-state index is -0.109. The molecule has 1 N–H and O–H groups in total. The smallest absolute Gasteiger partial charge is 0.322 e. The zero-order chi connectivity index (χ0) is 14.7. The van der Waals surface area contributed by atoms with E-state index in [0.29, 0.717) is 0 Å². The Bertz CT molecular complexity index is 610. The number of furan rings is 1. The molecule has 0 bridgehead atoms. The van der Waals surface area contributed by atoms with Crippen molar-refractivity contribution in [2.75, 3.05) is 19.0 Å². The van der Waals surface area contributed by atoms with Gasteiger partial charge in [0.2, 0.25) is 0 Å². The monoisotopic (exact) mass is 286 g/mol. The Morgan fingerprint density at radius 2 is 2.29 bits per heavy atom. The van der Waals surface area contributed by atoms with Crippen molar-refractivity contribution in [3.05, 3.63) is 48.4 Å². The Labute approximate surface area is 123 Å². The number of nitrogens with one attached hydrogen (secondary N) is 1. The van der Waals surface area contributed by atoms with Gasteiger partial charge in [-0.05, 0) is 37.1 Å². The van der Waals surface area contributed by atoms with Crippen LogP contribution >= 0.6 is 0 Å². The van der Waals surface area contributed by atoms with Crippen LogP contribution in [0.15, 0.2) is 47.1 Å². The van der Waals surface area contributed by atoms with Crippen molar-refractivity contribution >= 4 is 11.7 Å². The molecule has 5 nitrogen and oxygen atoms in total. The van der Waals surface area contributed by atoms with Crippen LogP contribution in [0.3, 0.4) is 0 Å². The van der Waals surface area contributed by atoms with E-state index in [4.69, 9.17) is 9.15 Å². The highest BCUT2D eigenvalue weighted by molar-refractivity contribution is 5.90. The number of ether oxygens (including phenoxy) is 1. The predicted octanol–water partition coefficient (Wildman–Crippen LogP) is 3.66. The lowest BCUT2D eigenvalue weighted by molar-refractivity contribution is 0.200. The van der Waals surface area contributed by atoms with E-state index in [-0.39, 0.29) is 12.1 Å². The van der Waals surface area contributed by atoms with Crippen molar-refractivity contribution < 1.29 is 13.9 Å². The summed E-state index contributed by atoms with van der Waals surface area (Å²) in [7, 11) is 1.61. The minimum Gasteiger partial charge on any atom is -0.497 e. The largest absolute Gasteiger partial charge is 0.497 e. The summed E-state index contributed by atoms with van der Waals surface area (Å²) in [4.78, 5) is 14.3. The molecule has 1 aliphatic rings. The summed E-state index contributed by atoms with van der Waals surface area (Å²) >= 11 is 0. The number of anilines is 1. The maximum atomic E-state index is 12.5. The molecule has 1 aliphatic heterocycles. The first-order chi connectivity index (χ1) is 10.3. The molecule has 3 rings (SSSR count). The molecule has 0 radical (unpaired) electrons. The van der Waals surface area contributed by atoms with E-state index in [1.54, 1.807) is 19.4 Å². The van der Waals surface area contributed by atoms with Gasteiger partial charge in [-0.3, -0.25) is 0 Å². The average molecular weight is 286 g/mol. The average Bonchev–Trinajstić information content (AvgIpc) is 3.18. The van der Waals surface area contributed by atoms with Gasteiger partial charge in [0.05, 0.1) is 19.4 Å². The number of hydrogen-bond acceptors (Lipinski definition) is 3. The van der Waals surface area contributed by atoms with Crippen molar-refractivity contribution in [3.8, 4) is 5.75 Å². The van der Waals surface area contributed by atoms with E-state index in [0.717, 1.165) is 36.6 Å². The fourth-order valence-corrected chi connectivity index (χ4v) is 2.68. The first-order valence-corrected chi connectivity index (χ1v) is 7.03. The molecule has 2 aromatic rings. The lowest BCUT2D eigenvalue weighted by Crippen LogP contribution is -2.34. The molecule has 0 spiro atoms. The predicted molar refractivity (Wildman–Crippen MR) is 79.4 cm³/mol. The summed E-state index contributed by atoms with van der Waals surface area (Å²) in [6, 6.07) is 11.0. The van der Waals surface area contributed by atoms with Gasteiger partial charge >= 0.3 is 6.03 Å². The Morgan fingerprint density at radius 1 is 1.38 bits per heavy atom. The number of carbonyl (C=O) groups is 1. The molecule has 0 unspecified atom stereocenters. The van der Waals surface area contributed by atoms with Gasteiger partial charge in [-0.2, -0.15) is 0 Å². The highest BCUT2D eigenvalue weighted by Gasteiger charge is 2.31. The lowest BCUT2D eigenvalue weighted by Gasteiger charge is -2.23. The summed E-state index contributed by atoms with van der Waals surface area (Å²) in [6.45, 7) is 0.737. The van der Waals surface area contributed by atoms with Crippen LogP contribution in [0, 0.1) is 0 Å². The molecule has 0 aliphatic carbocycles. The van der Waals surface area contributed by atoms with E-state index in [2.05, 4.69) is 5.32 Å². The van der Waals surface area contributed by atoms with E-state index in [1.807, 2.05) is 35.2 Å². The van der Waals surface area contributed by atoms with Crippen molar-refractivity contribution in [1.82, 2.24) is 4.90 Å². The molecular weight excluding hydrogens is 268 g/mol. The van der Waals surface area contributed by atoms with Crippen LogP contribution in [0.25, 0.3) is 0 Å². The van der Waals surface area contributed by atoms with Crippen LogP contribution in [0.4, 0.5) is 10.5 Å². The third kappa shape index (κ3) is 2.86. The highest BCUT2D eigenvalue weighted by Crippen LogP contribution is 2.32. The fourth-order valence-electron chi connectivity index (χ4n) is 2.68. The normalized spacial score (nSPS) is 17.8. The molecule has 1 atom stereocenters. The second-order valence-electron chi connectivity index (χ2n) is 5.03. The van der Waals surface area contributed by atoms with Gasteiger partial charge in [0.1, 0.15) is 11.5 Å². The number of urea groups is 1. The third-order valence-electron chi connectivity index (χ3n) is 3.71. The topological polar surface area (TPSA) is 54.7 Å². The van der Waals surface area contributed by atoms with E-state index >= 15 is 0 Å². The first-order valence-electron chi connectivity index (χ1n) is 7.03. The Kier molecular flexibility index (Phi) is 3.81. The molecule has 5 heteroatoms. The van der Waals surface area contributed by atoms with E-state index < -0.39 is 0 Å². The molecular formula is C16H18N2O3. The number of carbonyl (C=O) groups excluding carboxylic acids is 1. The van der Waals surface area contributed by atoms with Crippen molar-refractivity contribution in [2.45, 2.75) is 18.9 Å². The molecule has 1 fully saturated rings. The van der Waals surface area contributed by atoms with Crippen LogP contribution in [0.2, 0.25) is 0 Å². The summed E-state index contributed by atoms with van der Waals surface area (Å²) in [5.74, 6) is 1.56. The highest BCUT2D eigenvalue weighted by atomic mass is 16.5. The molecule has 1 saturated heterocycles. The second-order valence-corrected chi connectivity index (χ2v) is 5.03. The standard InChI is InChI=1S/C16H18N2O3/c1-20-13-6-2-5-12(11-13)17-16(19)18-9-3-7-14(18)15-8-4-10-21-15/h2,4-6,8,10-11,14H,3,7,9H2,1H3,(H,17,19)/t14-/m1/s1. The number of likely N-dealkylation sites (tertiary alicyclic amines) is 1. The number of benzene rings is 1. The van der Waals surface area contributed by atoms with Crippen LogP contribution < -0.4 is 10.1 Å². The zero-order valence-electron chi connectivity index (χ0n) is 11.9. The molecule has 1 aromatic heterocycles. The van der Waals surface area contributed by atoms with Crippen molar-refractivity contribution in [3.63, 3.8) is 0 Å². The Hall–Kier alpha value is -2.43. The summed E-state index contributed by atoms with van der Waals surface area (Å²) < 4.78 is 10.6. The maximum absolute atomic E-state index is 12.5. The Morgan fingerprint density at radius 3 is 3.05 bits per heavy atom. The molecule has 110 valence electrons. The number of amides is 2. The van der Waals surface area contributed by atoms with Crippen LogP contribution in [0.1, 0.15) is 24.6 Å². The van der Waals surface area contributed by atoms with Gasteiger partial charge in [-0.15, -0.1) is 0 Å². The fraction of sp³-hybridized carbons (Fsp3) is 0.312. The number of hydrogen-bond donors (Lipinski definition) is 1. The van der Waals surface area contributed by atoms with Gasteiger partial charge < -0.3 is 19.4 Å². The van der Waals surface area contributed by atoms with Crippen LogP contribution in [-0.4, -0.2) is 24.6 Å². The van der Waals surface area contributed by atoms with Crippen LogP contribution in [-0.2, 0) is 0 Å². The second kappa shape index (κ2) is 5.91. The maximum Gasteiger partial charge on any atom is 0.322 e. The number of rotatable bonds is 3. The molecule has 21 heavy (non-hydrogen) atoms. The number of nitrogens with zero attached hydrogens (tertiary/aromatic N) is 1. The van der Waals surface area contributed by atoms with Crippen LogP contribution in [0.5, 0.6) is 5.75 Å². The minimum absolute atomic E-state index is 0.0191. The van der Waals surface area contributed by atoms with Gasteiger partial charge in [0.15, 0.2) is 0 Å². The zero-order valence-corrected chi connectivity index (χ0v) is 11.9. The first kappa shape index (κ1) is 13.5. The quantitative estimate of drug-likeness (QED) is 0.936. The van der Waals surface area contributed by atoms with Gasteiger partial charge in [0.25, 0.3) is 0 Å². The molecule has 2 heterocycles. The lowest BCUT2D eigenvalue weighted by atomic mass is 10.2. The van der Waals surface area contributed by atoms with Gasteiger partial charge in [-0.1, -0.05) is 6.07 Å². The Balaban J connectivity index is 1.72. The van der Waals surface area contributed by atoms with Crippen molar-refractivity contribution in [2.24, 2.45) is 0 Å².